The molecule has 0 saturated carbocycles. The first-order chi connectivity index (χ1) is 14.4. The van der Waals surface area contributed by atoms with Crippen LogP contribution >= 0.6 is 46.7 Å². The quantitative estimate of drug-likeness (QED) is 0.391. The molecule has 0 bridgehead atoms. The summed E-state index contributed by atoms with van der Waals surface area (Å²) >= 11 is 14.7. The van der Waals surface area contributed by atoms with Crippen LogP contribution in [0.5, 0.6) is 0 Å². The minimum Gasteiger partial charge on any atom is -0.319 e. The Morgan fingerprint density at radius 2 is 1.20 bits per heavy atom. The third kappa shape index (κ3) is 5.20. The monoisotopic (exact) mass is 480 g/mol. The fourth-order valence-electron chi connectivity index (χ4n) is 2.28. The molecule has 2 N–H and O–H groups in total. The van der Waals surface area contributed by atoms with Crippen molar-refractivity contribution in [2.24, 2.45) is 0 Å². The molecule has 8 nitrogen and oxygen atoms in total. The molecule has 3 rings (SSSR count). The van der Waals surface area contributed by atoms with Gasteiger partial charge in [-0.05, 0) is 24.6 Å². The predicted octanol–water partition coefficient (Wildman–Crippen LogP) is 4.52. The molecule has 0 fully saturated rings. The van der Waals surface area contributed by atoms with Gasteiger partial charge in [-0.15, -0.1) is 0 Å². The van der Waals surface area contributed by atoms with Gasteiger partial charge in [0.05, 0.1) is 33.8 Å². The summed E-state index contributed by atoms with van der Waals surface area (Å²) in [7, 11) is 0. The Bertz CT molecular complexity index is 1030. The van der Waals surface area contributed by atoms with Gasteiger partial charge < -0.3 is 10.6 Å². The molecule has 0 spiro atoms. The summed E-state index contributed by atoms with van der Waals surface area (Å²) in [5, 5.41) is 6.46. The number of aromatic nitrogens is 4. The smallest absolute Gasteiger partial charge is 0.276 e. The summed E-state index contributed by atoms with van der Waals surface area (Å²) in [5.41, 5.74) is 0.763. The first kappa shape index (κ1) is 22.3. The van der Waals surface area contributed by atoms with E-state index in [9.17, 15) is 9.59 Å². The molecule has 2 heterocycles. The number of para-hydroxylation sites is 2. The number of carbonyl (C=O) groups excluding carboxylic acids is 2. The van der Waals surface area contributed by atoms with E-state index >= 15 is 0 Å². The Kier molecular flexibility index (Phi) is 7.48. The highest BCUT2D eigenvalue weighted by Crippen LogP contribution is 2.25. The van der Waals surface area contributed by atoms with Crippen molar-refractivity contribution in [3.63, 3.8) is 0 Å². The fourth-order valence-corrected chi connectivity index (χ4v) is 3.32. The van der Waals surface area contributed by atoms with Crippen molar-refractivity contribution in [3.8, 4) is 0 Å². The van der Waals surface area contributed by atoms with E-state index in [2.05, 4.69) is 30.6 Å². The minimum absolute atomic E-state index is 0.0283. The lowest BCUT2D eigenvalue weighted by atomic mass is 10.2. The Hall–Kier alpha value is -2.40. The molecule has 0 atom stereocenters. The second kappa shape index (κ2) is 10.1. The zero-order valence-corrected chi connectivity index (χ0v) is 18.8. The Balaban J connectivity index is 1.85. The molecule has 0 saturated heterocycles. The van der Waals surface area contributed by atoms with E-state index in [1.807, 2.05) is 0 Å². The van der Waals surface area contributed by atoms with Crippen LogP contribution in [0.3, 0.4) is 0 Å². The lowest BCUT2D eigenvalue weighted by molar-refractivity contribution is 0.101. The van der Waals surface area contributed by atoms with Crippen LogP contribution in [0, 0.1) is 0 Å². The molecule has 0 aliphatic rings. The molecule has 2 amide bonds. The maximum absolute atomic E-state index is 12.7. The van der Waals surface area contributed by atoms with Crippen LogP contribution in [0.4, 0.5) is 11.4 Å². The average Bonchev–Trinajstić information content (AvgIpc) is 2.75. The van der Waals surface area contributed by atoms with Crippen LogP contribution in [-0.2, 0) is 0 Å². The fraction of sp³-hybridized carbons (Fsp3) is 0.111. The molecule has 0 unspecified atom stereocenters. The minimum atomic E-state index is -0.538. The van der Waals surface area contributed by atoms with Gasteiger partial charge in [0.1, 0.15) is 0 Å². The lowest BCUT2D eigenvalue weighted by Crippen LogP contribution is -2.19. The van der Waals surface area contributed by atoms with E-state index in [0.717, 1.165) is 0 Å². The molecule has 0 aliphatic carbocycles. The zero-order valence-electron chi connectivity index (χ0n) is 15.6. The van der Waals surface area contributed by atoms with E-state index in [4.69, 9.17) is 23.2 Å². The summed E-state index contributed by atoms with van der Waals surface area (Å²) in [6, 6.07) is 6.69. The van der Waals surface area contributed by atoms with Gasteiger partial charge in [0.15, 0.2) is 21.7 Å². The van der Waals surface area contributed by atoms with Crippen molar-refractivity contribution >= 4 is 69.9 Å². The van der Waals surface area contributed by atoms with Crippen LogP contribution in [-0.4, -0.2) is 44.3 Å². The average molecular weight is 481 g/mol. The van der Waals surface area contributed by atoms with Crippen LogP contribution in [0.1, 0.15) is 21.0 Å². The normalized spacial score (nSPS) is 10.5. The highest BCUT2D eigenvalue weighted by molar-refractivity contribution is 7.98. The number of thioether (sulfide) groups is 2. The topological polar surface area (TPSA) is 110 Å². The second-order valence-electron chi connectivity index (χ2n) is 5.56. The summed E-state index contributed by atoms with van der Waals surface area (Å²) in [4.78, 5) is 41.7. The Morgan fingerprint density at radius 3 is 1.57 bits per heavy atom. The predicted molar refractivity (Wildman–Crippen MR) is 120 cm³/mol. The van der Waals surface area contributed by atoms with Crippen molar-refractivity contribution in [1.29, 1.82) is 0 Å². The first-order valence-corrected chi connectivity index (χ1v) is 11.5. The van der Waals surface area contributed by atoms with E-state index in [-0.39, 0.29) is 21.4 Å². The third-order valence-corrected chi connectivity index (χ3v) is 5.34. The number of rotatable bonds is 6. The van der Waals surface area contributed by atoms with Gasteiger partial charge in [0.25, 0.3) is 11.8 Å². The van der Waals surface area contributed by atoms with E-state index in [1.54, 1.807) is 36.8 Å². The van der Waals surface area contributed by atoms with Crippen molar-refractivity contribution in [2.45, 2.75) is 10.3 Å². The van der Waals surface area contributed by atoms with Gasteiger partial charge >= 0.3 is 0 Å². The molecule has 2 aromatic heterocycles. The number of amides is 2. The van der Waals surface area contributed by atoms with E-state index in [0.29, 0.717) is 21.7 Å². The lowest BCUT2D eigenvalue weighted by Gasteiger charge is -2.13. The number of halogens is 2. The molecular weight excluding hydrogens is 467 g/mol. The first-order valence-electron chi connectivity index (χ1n) is 8.27. The van der Waals surface area contributed by atoms with Crippen LogP contribution in [0.15, 0.2) is 47.0 Å². The van der Waals surface area contributed by atoms with Gasteiger partial charge in [-0.3, -0.25) is 9.59 Å². The maximum atomic E-state index is 12.7. The summed E-state index contributed by atoms with van der Waals surface area (Å²) in [6.07, 6.45) is 6.31. The number of carbonyl (C=O) groups is 2. The van der Waals surface area contributed by atoms with E-state index in [1.165, 1.54) is 35.9 Å². The molecule has 12 heteroatoms. The van der Waals surface area contributed by atoms with Crippen molar-refractivity contribution in [3.05, 3.63) is 58.1 Å². The number of anilines is 2. The molecule has 1 aromatic carbocycles. The molecule has 30 heavy (non-hydrogen) atoms. The Labute approximate surface area is 190 Å². The molecule has 154 valence electrons. The molecule has 3 aromatic rings. The van der Waals surface area contributed by atoms with Gasteiger partial charge in [-0.25, -0.2) is 19.9 Å². The molecule has 0 radical (unpaired) electrons. The standard InChI is InChI=1S/C18H14Cl2N6O2S2/c1-29-17-21-7-9(19)13(25-17)15(27)23-11-5-3-4-6-12(11)24-16(28)14-10(20)8-22-18(26-14)30-2/h3-8H,1-2H3,(H,23,27)(H,24,28). The number of hydrogen-bond donors (Lipinski definition) is 2. The van der Waals surface area contributed by atoms with Crippen molar-refractivity contribution < 1.29 is 9.59 Å². The largest absolute Gasteiger partial charge is 0.319 e. The van der Waals surface area contributed by atoms with Gasteiger partial charge in [-0.1, -0.05) is 58.9 Å². The highest BCUT2D eigenvalue weighted by Gasteiger charge is 2.18. The van der Waals surface area contributed by atoms with E-state index < -0.39 is 11.8 Å². The van der Waals surface area contributed by atoms with Crippen molar-refractivity contribution in [1.82, 2.24) is 19.9 Å². The highest BCUT2D eigenvalue weighted by atomic mass is 35.5. The van der Waals surface area contributed by atoms with Gasteiger partial charge in [0.2, 0.25) is 0 Å². The second-order valence-corrected chi connectivity index (χ2v) is 7.92. The zero-order chi connectivity index (χ0) is 21.7. The number of hydrogen-bond acceptors (Lipinski definition) is 8. The summed E-state index contributed by atoms with van der Waals surface area (Å²) in [6.45, 7) is 0. The van der Waals surface area contributed by atoms with Crippen LogP contribution < -0.4 is 10.6 Å². The van der Waals surface area contributed by atoms with Gasteiger partial charge in [0, 0.05) is 0 Å². The van der Waals surface area contributed by atoms with Crippen molar-refractivity contribution in [2.75, 3.05) is 23.1 Å². The summed E-state index contributed by atoms with van der Waals surface area (Å²) in [5.74, 6) is -1.08. The number of nitrogens with one attached hydrogen (secondary N) is 2. The third-order valence-electron chi connectivity index (χ3n) is 3.66. The summed E-state index contributed by atoms with van der Waals surface area (Å²) < 4.78 is 0. The Morgan fingerprint density at radius 1 is 0.800 bits per heavy atom. The molecular formula is C18H14Cl2N6O2S2. The van der Waals surface area contributed by atoms with Crippen LogP contribution in [0.2, 0.25) is 10.0 Å². The number of nitrogens with zero attached hydrogens (tertiary/aromatic N) is 4. The number of benzene rings is 1. The van der Waals surface area contributed by atoms with Gasteiger partial charge in [-0.2, -0.15) is 0 Å². The molecule has 0 aliphatic heterocycles. The maximum Gasteiger partial charge on any atom is 0.276 e. The van der Waals surface area contributed by atoms with Crippen LogP contribution in [0.25, 0.3) is 0 Å². The SMILES string of the molecule is CSc1ncc(Cl)c(C(=O)Nc2ccccc2NC(=O)c2nc(SC)ncc2Cl)n1.